The summed E-state index contributed by atoms with van der Waals surface area (Å²) >= 11 is 0. The molecule has 0 aliphatic carbocycles. The van der Waals surface area contributed by atoms with E-state index in [9.17, 15) is 18.0 Å². The van der Waals surface area contributed by atoms with Crippen molar-refractivity contribution in [3.63, 3.8) is 0 Å². The van der Waals surface area contributed by atoms with Gasteiger partial charge in [-0.15, -0.1) is 0 Å². The predicted molar refractivity (Wildman–Crippen MR) is 111 cm³/mol. The van der Waals surface area contributed by atoms with Gasteiger partial charge in [0.05, 0.1) is 17.0 Å². The van der Waals surface area contributed by atoms with Crippen LogP contribution in [0.3, 0.4) is 0 Å². The maximum absolute atomic E-state index is 12.7. The smallest absolute Gasteiger partial charge is 0.359 e. The van der Waals surface area contributed by atoms with Crippen molar-refractivity contribution < 1.29 is 18.0 Å². The number of aryl methyl sites for hydroxylation is 1. The second kappa shape index (κ2) is 8.57. The van der Waals surface area contributed by atoms with Crippen molar-refractivity contribution in [2.45, 2.75) is 25.9 Å². The van der Waals surface area contributed by atoms with Crippen LogP contribution in [0.2, 0.25) is 0 Å². The van der Waals surface area contributed by atoms with E-state index >= 15 is 0 Å². The Morgan fingerprint density at radius 3 is 2.07 bits per heavy atom. The van der Waals surface area contributed by atoms with Gasteiger partial charge in [-0.3, -0.25) is 4.79 Å². The lowest BCUT2D eigenvalue weighted by molar-refractivity contribution is -0.137. The van der Waals surface area contributed by atoms with Gasteiger partial charge in [-0.1, -0.05) is 43.0 Å². The van der Waals surface area contributed by atoms with Gasteiger partial charge in [-0.2, -0.15) is 18.3 Å². The molecule has 3 aromatic rings. The van der Waals surface area contributed by atoms with Crippen LogP contribution in [0.15, 0.2) is 61.2 Å². The number of hydrogen-bond donors (Lipinski definition) is 1. The van der Waals surface area contributed by atoms with Crippen molar-refractivity contribution in [1.82, 2.24) is 15.1 Å². The van der Waals surface area contributed by atoms with Crippen LogP contribution in [0.4, 0.5) is 13.2 Å². The van der Waals surface area contributed by atoms with Crippen LogP contribution in [-0.2, 0) is 17.4 Å². The number of benzene rings is 2. The molecule has 1 N–H and O–H groups in total. The zero-order valence-corrected chi connectivity index (χ0v) is 16.8. The van der Waals surface area contributed by atoms with E-state index < -0.39 is 11.7 Å². The third-order valence-corrected chi connectivity index (χ3v) is 4.73. The largest absolute Gasteiger partial charge is 0.416 e. The number of allylic oxidation sites excluding steroid dienone is 1. The van der Waals surface area contributed by atoms with Gasteiger partial charge in [-0.05, 0) is 36.2 Å². The standard InChI is InChI=1S/C23H22F3N3O/c1-15(2)29-21(14-20(28-29)12-13-22(30)27-3)18-6-4-16(5-7-18)17-8-10-19(11-9-17)23(24,25)26/h4-11,14H,1,12-13H2,2-3H3,(H,27,30). The predicted octanol–water partition coefficient (Wildman–Crippen LogP) is 5.41. The molecule has 30 heavy (non-hydrogen) atoms. The molecule has 0 radical (unpaired) electrons. The average Bonchev–Trinajstić information content (AvgIpc) is 3.16. The maximum Gasteiger partial charge on any atom is 0.416 e. The van der Waals surface area contributed by atoms with Crippen molar-refractivity contribution in [2.24, 2.45) is 0 Å². The molecule has 0 fully saturated rings. The maximum atomic E-state index is 12.7. The molecule has 1 aromatic heterocycles. The highest BCUT2D eigenvalue weighted by atomic mass is 19.4. The second-order valence-electron chi connectivity index (χ2n) is 6.99. The summed E-state index contributed by atoms with van der Waals surface area (Å²) in [6, 6.07) is 14.5. The first kappa shape index (κ1) is 21.4. The van der Waals surface area contributed by atoms with E-state index in [2.05, 4.69) is 17.0 Å². The first-order valence-electron chi connectivity index (χ1n) is 9.42. The van der Waals surface area contributed by atoms with E-state index in [1.807, 2.05) is 37.3 Å². The van der Waals surface area contributed by atoms with Crippen LogP contribution < -0.4 is 5.32 Å². The summed E-state index contributed by atoms with van der Waals surface area (Å²) in [5.74, 6) is -0.0534. The lowest BCUT2D eigenvalue weighted by Crippen LogP contribution is -2.18. The fraction of sp³-hybridized carbons (Fsp3) is 0.217. The number of aromatic nitrogens is 2. The van der Waals surface area contributed by atoms with E-state index in [-0.39, 0.29) is 5.91 Å². The SMILES string of the molecule is C=C(C)n1nc(CCC(=O)NC)cc1-c1ccc(-c2ccc(C(F)(F)F)cc2)cc1. The van der Waals surface area contributed by atoms with Crippen LogP contribution in [0.25, 0.3) is 28.1 Å². The van der Waals surface area contributed by atoms with Gasteiger partial charge in [-0.25, -0.2) is 4.68 Å². The molecule has 0 saturated carbocycles. The number of carbonyl (C=O) groups excluding carboxylic acids is 1. The fourth-order valence-corrected chi connectivity index (χ4v) is 3.10. The minimum atomic E-state index is -4.35. The molecular formula is C23H22F3N3O. The van der Waals surface area contributed by atoms with Gasteiger partial charge in [0.25, 0.3) is 0 Å². The molecule has 1 heterocycles. The highest BCUT2D eigenvalue weighted by molar-refractivity contribution is 5.76. The van der Waals surface area contributed by atoms with Crippen molar-refractivity contribution in [2.75, 3.05) is 7.05 Å². The second-order valence-corrected chi connectivity index (χ2v) is 6.99. The first-order valence-corrected chi connectivity index (χ1v) is 9.42. The number of alkyl halides is 3. The van der Waals surface area contributed by atoms with E-state index in [1.165, 1.54) is 12.1 Å². The number of nitrogens with zero attached hydrogens (tertiary/aromatic N) is 2. The Morgan fingerprint density at radius 1 is 1.03 bits per heavy atom. The number of nitrogens with one attached hydrogen (secondary N) is 1. The van der Waals surface area contributed by atoms with Gasteiger partial charge in [0, 0.05) is 31.1 Å². The van der Waals surface area contributed by atoms with Crippen molar-refractivity contribution >= 4 is 11.6 Å². The minimum Gasteiger partial charge on any atom is -0.359 e. The van der Waals surface area contributed by atoms with Crippen molar-refractivity contribution in [3.05, 3.63) is 72.4 Å². The molecule has 4 nitrogen and oxygen atoms in total. The lowest BCUT2D eigenvalue weighted by atomic mass is 10.0. The Hall–Kier alpha value is -3.35. The summed E-state index contributed by atoms with van der Waals surface area (Å²) in [4.78, 5) is 11.5. The van der Waals surface area contributed by atoms with E-state index in [0.717, 1.165) is 40.3 Å². The number of rotatable bonds is 6. The Balaban J connectivity index is 1.86. The van der Waals surface area contributed by atoms with E-state index in [0.29, 0.717) is 18.4 Å². The van der Waals surface area contributed by atoms with Crippen molar-refractivity contribution in [1.29, 1.82) is 0 Å². The monoisotopic (exact) mass is 413 g/mol. The zero-order chi connectivity index (χ0) is 21.9. The molecule has 3 rings (SSSR count). The summed E-state index contributed by atoms with van der Waals surface area (Å²) in [5.41, 5.74) is 4.10. The molecule has 2 aromatic carbocycles. The fourth-order valence-electron chi connectivity index (χ4n) is 3.10. The highest BCUT2D eigenvalue weighted by Gasteiger charge is 2.29. The lowest BCUT2D eigenvalue weighted by Gasteiger charge is -2.09. The Kier molecular flexibility index (Phi) is 6.10. The third-order valence-electron chi connectivity index (χ3n) is 4.73. The molecule has 0 atom stereocenters. The Labute approximate surface area is 173 Å². The van der Waals surface area contributed by atoms with Crippen molar-refractivity contribution in [3.8, 4) is 22.4 Å². The van der Waals surface area contributed by atoms with E-state index in [1.54, 1.807) is 11.7 Å². The molecule has 1 amide bonds. The molecular weight excluding hydrogens is 391 g/mol. The Bertz CT molecular complexity index is 1050. The summed E-state index contributed by atoms with van der Waals surface area (Å²) in [6.45, 7) is 5.80. The summed E-state index contributed by atoms with van der Waals surface area (Å²) in [6.07, 6.45) is -3.49. The number of amides is 1. The highest BCUT2D eigenvalue weighted by Crippen LogP contribution is 2.32. The number of halogens is 3. The third kappa shape index (κ3) is 4.79. The first-order chi connectivity index (χ1) is 14.2. The molecule has 0 aliphatic heterocycles. The average molecular weight is 413 g/mol. The molecule has 0 bridgehead atoms. The summed E-state index contributed by atoms with van der Waals surface area (Å²) in [7, 11) is 1.60. The molecule has 0 spiro atoms. The Morgan fingerprint density at radius 2 is 1.57 bits per heavy atom. The van der Waals surface area contributed by atoms with Crippen LogP contribution in [0.1, 0.15) is 24.6 Å². The van der Waals surface area contributed by atoms with Crippen LogP contribution in [0, 0.1) is 0 Å². The van der Waals surface area contributed by atoms with Gasteiger partial charge in [0.1, 0.15) is 0 Å². The molecule has 0 saturated heterocycles. The van der Waals surface area contributed by atoms with Crippen LogP contribution in [0.5, 0.6) is 0 Å². The van der Waals surface area contributed by atoms with Gasteiger partial charge >= 0.3 is 6.18 Å². The van der Waals surface area contributed by atoms with Crippen LogP contribution >= 0.6 is 0 Å². The van der Waals surface area contributed by atoms with Gasteiger partial charge in [0.2, 0.25) is 5.91 Å². The van der Waals surface area contributed by atoms with E-state index in [4.69, 9.17) is 0 Å². The van der Waals surface area contributed by atoms with Gasteiger partial charge in [0.15, 0.2) is 0 Å². The minimum absolute atomic E-state index is 0.0534. The zero-order valence-electron chi connectivity index (χ0n) is 16.8. The molecule has 156 valence electrons. The quantitative estimate of drug-likeness (QED) is 0.588. The summed E-state index contributed by atoms with van der Waals surface area (Å²) < 4.78 is 40.0. The molecule has 0 aliphatic rings. The molecule has 7 heteroatoms. The summed E-state index contributed by atoms with van der Waals surface area (Å²) in [5, 5.41) is 7.13. The molecule has 0 unspecified atom stereocenters. The normalized spacial score (nSPS) is 11.4. The topological polar surface area (TPSA) is 46.9 Å². The van der Waals surface area contributed by atoms with Crippen LogP contribution in [-0.4, -0.2) is 22.7 Å². The number of carbonyl (C=O) groups is 1. The van der Waals surface area contributed by atoms with Gasteiger partial charge < -0.3 is 5.32 Å². The number of hydrogen-bond acceptors (Lipinski definition) is 2.